The third kappa shape index (κ3) is 13.5. The topological polar surface area (TPSA) is 141 Å². The standard InChI is InChI=1S/C18H22BNO4.C8H14N2O2/c1-14-6-5-9-16(12-14)24-11-10-18(21)20-17(19(22)23)13-15-7-3-2-4-8-15;1-8(2,6-12-3)10-7(11)4-5-9/h2-9,12,17,22-23H,10-11,13H2,1H3,(H,20,21);4,6H2,1-3H3,(H,10,11). The van der Waals surface area contributed by atoms with E-state index >= 15 is 0 Å². The van der Waals surface area contributed by atoms with Gasteiger partial charge in [0.1, 0.15) is 12.2 Å². The molecule has 2 rings (SSSR count). The maximum absolute atomic E-state index is 12.0. The van der Waals surface area contributed by atoms with Crippen molar-refractivity contribution in [3.05, 3.63) is 65.7 Å². The number of rotatable bonds is 12. The van der Waals surface area contributed by atoms with Crippen LogP contribution < -0.4 is 15.4 Å². The fourth-order valence-electron chi connectivity index (χ4n) is 3.24. The second-order valence-electron chi connectivity index (χ2n) is 8.89. The lowest BCUT2D eigenvalue weighted by atomic mass is 9.76. The molecule has 2 amide bonds. The zero-order valence-corrected chi connectivity index (χ0v) is 21.4. The van der Waals surface area contributed by atoms with E-state index in [-0.39, 0.29) is 31.3 Å². The molecule has 2 aromatic rings. The molecule has 0 aliphatic rings. The molecule has 0 radical (unpaired) electrons. The van der Waals surface area contributed by atoms with Crippen molar-refractivity contribution in [2.24, 2.45) is 0 Å². The van der Waals surface area contributed by atoms with Gasteiger partial charge in [0.2, 0.25) is 11.8 Å². The summed E-state index contributed by atoms with van der Waals surface area (Å²) in [5.41, 5.74) is 1.61. The van der Waals surface area contributed by atoms with Crippen LogP contribution in [0.1, 0.15) is 37.8 Å². The highest BCUT2D eigenvalue weighted by molar-refractivity contribution is 6.43. The van der Waals surface area contributed by atoms with Gasteiger partial charge in [0.15, 0.2) is 0 Å². The molecule has 0 heterocycles. The lowest BCUT2D eigenvalue weighted by Crippen LogP contribution is -2.48. The van der Waals surface area contributed by atoms with Crippen molar-refractivity contribution in [3.63, 3.8) is 0 Å². The Kier molecular flexibility index (Phi) is 13.9. The molecule has 194 valence electrons. The molecule has 1 unspecified atom stereocenters. The van der Waals surface area contributed by atoms with E-state index in [9.17, 15) is 19.6 Å². The van der Waals surface area contributed by atoms with Crippen LogP contribution in [-0.2, 0) is 20.7 Å². The third-order valence-electron chi connectivity index (χ3n) is 4.81. The van der Waals surface area contributed by atoms with Crippen LogP contribution in [0.4, 0.5) is 0 Å². The largest absolute Gasteiger partial charge is 0.493 e. The van der Waals surface area contributed by atoms with Crippen LogP contribution in [0.15, 0.2) is 54.6 Å². The number of hydrogen-bond donors (Lipinski definition) is 4. The van der Waals surface area contributed by atoms with Gasteiger partial charge in [0.25, 0.3) is 0 Å². The minimum atomic E-state index is -1.62. The number of ether oxygens (including phenoxy) is 2. The fourth-order valence-corrected chi connectivity index (χ4v) is 3.24. The minimum absolute atomic E-state index is 0.104. The minimum Gasteiger partial charge on any atom is -0.493 e. The number of benzene rings is 2. The van der Waals surface area contributed by atoms with Crippen LogP contribution in [-0.4, -0.2) is 60.8 Å². The van der Waals surface area contributed by atoms with Crippen molar-refractivity contribution < 1.29 is 29.1 Å². The average Bonchev–Trinajstić information content (AvgIpc) is 2.79. The Morgan fingerprint density at radius 3 is 2.39 bits per heavy atom. The quantitative estimate of drug-likeness (QED) is 0.329. The van der Waals surface area contributed by atoms with Crippen LogP contribution >= 0.6 is 0 Å². The number of aryl methyl sites for hydroxylation is 1. The van der Waals surface area contributed by atoms with Gasteiger partial charge in [0.05, 0.1) is 37.2 Å². The summed E-state index contributed by atoms with van der Waals surface area (Å²) >= 11 is 0. The Morgan fingerprint density at radius 1 is 1.11 bits per heavy atom. The first-order chi connectivity index (χ1) is 17.1. The maximum atomic E-state index is 12.0. The number of nitrogens with one attached hydrogen (secondary N) is 2. The van der Waals surface area contributed by atoms with Crippen LogP contribution in [0.5, 0.6) is 5.75 Å². The summed E-state index contributed by atoms with van der Waals surface area (Å²) in [6.07, 6.45) is 0.391. The van der Waals surface area contributed by atoms with Gasteiger partial charge in [-0.25, -0.2) is 0 Å². The van der Waals surface area contributed by atoms with E-state index in [1.165, 1.54) is 0 Å². The summed E-state index contributed by atoms with van der Waals surface area (Å²) in [5, 5.41) is 32.5. The Labute approximate surface area is 213 Å². The molecule has 0 saturated heterocycles. The molecule has 36 heavy (non-hydrogen) atoms. The summed E-state index contributed by atoms with van der Waals surface area (Å²) < 4.78 is 10.4. The van der Waals surface area contributed by atoms with Crippen molar-refractivity contribution in [1.29, 1.82) is 5.26 Å². The van der Waals surface area contributed by atoms with Gasteiger partial charge < -0.3 is 30.2 Å². The normalized spacial score (nSPS) is 11.2. The van der Waals surface area contributed by atoms with Crippen molar-refractivity contribution >= 4 is 18.9 Å². The van der Waals surface area contributed by atoms with Gasteiger partial charge in [-0.1, -0.05) is 42.5 Å². The van der Waals surface area contributed by atoms with Crippen LogP contribution in [0.2, 0.25) is 0 Å². The molecule has 0 bridgehead atoms. The molecule has 4 N–H and O–H groups in total. The molecule has 1 atom stereocenters. The van der Waals surface area contributed by atoms with Crippen molar-refractivity contribution in [2.75, 3.05) is 20.3 Å². The molecule has 0 fully saturated rings. The highest BCUT2D eigenvalue weighted by atomic mass is 16.5. The monoisotopic (exact) mass is 497 g/mol. The van der Waals surface area contributed by atoms with Crippen LogP contribution in [0.25, 0.3) is 0 Å². The summed E-state index contributed by atoms with van der Waals surface area (Å²) in [6, 6.07) is 18.7. The summed E-state index contributed by atoms with van der Waals surface area (Å²) in [5.74, 6) is -0.582. The lowest BCUT2D eigenvalue weighted by Gasteiger charge is -2.24. The molecule has 0 aliphatic heterocycles. The first kappa shape index (κ1) is 30.6. The van der Waals surface area contributed by atoms with Crippen molar-refractivity contribution in [2.45, 2.75) is 51.5 Å². The number of amides is 2. The Hall–Kier alpha value is -3.39. The maximum Gasteiger partial charge on any atom is 0.475 e. The van der Waals surface area contributed by atoms with Gasteiger partial charge in [-0.3, -0.25) is 9.59 Å². The molecule has 10 heteroatoms. The van der Waals surface area contributed by atoms with E-state index in [2.05, 4.69) is 10.6 Å². The van der Waals surface area contributed by atoms with Crippen molar-refractivity contribution in [1.82, 2.24) is 10.6 Å². The summed E-state index contributed by atoms with van der Waals surface area (Å²) in [6.45, 7) is 6.31. The number of nitrogens with zero attached hydrogens (tertiary/aromatic N) is 1. The highest BCUT2D eigenvalue weighted by Gasteiger charge is 2.25. The molecule has 9 nitrogen and oxygen atoms in total. The van der Waals surface area contributed by atoms with Gasteiger partial charge in [-0.15, -0.1) is 0 Å². The second-order valence-corrected chi connectivity index (χ2v) is 8.89. The fraction of sp³-hybridized carbons (Fsp3) is 0.423. The molecule has 0 aliphatic carbocycles. The number of carbonyl (C=O) groups is 2. The van der Waals surface area contributed by atoms with Crippen LogP contribution in [0, 0.1) is 18.3 Å². The van der Waals surface area contributed by atoms with E-state index in [0.29, 0.717) is 18.8 Å². The van der Waals surface area contributed by atoms with Crippen LogP contribution in [0.3, 0.4) is 0 Å². The van der Waals surface area contributed by atoms with Gasteiger partial charge in [0, 0.05) is 7.11 Å². The van der Waals surface area contributed by atoms with E-state index in [1.54, 1.807) is 13.2 Å². The first-order valence-electron chi connectivity index (χ1n) is 11.6. The molecule has 0 aromatic heterocycles. The highest BCUT2D eigenvalue weighted by Crippen LogP contribution is 2.12. The lowest BCUT2D eigenvalue weighted by molar-refractivity contribution is -0.123. The van der Waals surface area contributed by atoms with E-state index < -0.39 is 18.6 Å². The van der Waals surface area contributed by atoms with E-state index in [0.717, 1.165) is 11.1 Å². The number of hydrogen-bond acceptors (Lipinski definition) is 7. The predicted molar refractivity (Wildman–Crippen MR) is 138 cm³/mol. The smallest absolute Gasteiger partial charge is 0.475 e. The molecular formula is C26H36BN3O6. The number of carbonyl (C=O) groups excluding carboxylic acids is 2. The zero-order valence-electron chi connectivity index (χ0n) is 21.4. The number of nitriles is 1. The zero-order chi connectivity index (χ0) is 27.0. The summed E-state index contributed by atoms with van der Waals surface area (Å²) in [4.78, 5) is 22.9. The predicted octanol–water partition coefficient (Wildman–Crippen LogP) is 1.94. The number of methoxy groups -OCH3 is 1. The SMILES string of the molecule is COCC(C)(C)NC(=O)CC#N.Cc1cccc(OCCC(=O)NC(Cc2ccccc2)B(O)O)c1. The third-order valence-corrected chi connectivity index (χ3v) is 4.81. The molecule has 0 saturated carbocycles. The molecular weight excluding hydrogens is 461 g/mol. The molecule has 0 spiro atoms. The second kappa shape index (κ2) is 16.3. The van der Waals surface area contributed by atoms with Gasteiger partial charge in [-0.2, -0.15) is 5.26 Å². The van der Waals surface area contributed by atoms with E-state index in [4.69, 9.17) is 14.7 Å². The molecule has 2 aromatic carbocycles. The van der Waals surface area contributed by atoms with Gasteiger partial charge in [-0.05, 0) is 50.5 Å². The Balaban J connectivity index is 0.000000457. The summed E-state index contributed by atoms with van der Waals surface area (Å²) in [7, 11) is -0.0510. The Bertz CT molecular complexity index is 979. The van der Waals surface area contributed by atoms with E-state index in [1.807, 2.05) is 75.4 Å². The van der Waals surface area contributed by atoms with Gasteiger partial charge >= 0.3 is 7.12 Å². The average molecular weight is 497 g/mol. The first-order valence-corrected chi connectivity index (χ1v) is 11.6. The Morgan fingerprint density at radius 2 is 1.81 bits per heavy atom. The van der Waals surface area contributed by atoms with Crippen molar-refractivity contribution in [3.8, 4) is 11.8 Å².